The molecular formula is C25H29F2N3O3. The van der Waals surface area contributed by atoms with Crippen LogP contribution in [0.25, 0.3) is 0 Å². The number of carbonyl (C=O) groups is 2. The number of urea groups is 1. The maximum atomic E-state index is 13.9. The molecule has 0 saturated carbocycles. The fourth-order valence-corrected chi connectivity index (χ4v) is 4.56. The van der Waals surface area contributed by atoms with E-state index in [1.807, 2.05) is 29.2 Å². The van der Waals surface area contributed by atoms with Gasteiger partial charge in [0.1, 0.15) is 11.6 Å². The van der Waals surface area contributed by atoms with E-state index in [0.29, 0.717) is 35.8 Å². The molecule has 2 aliphatic heterocycles. The summed E-state index contributed by atoms with van der Waals surface area (Å²) in [5.41, 5.74) is 1.62. The van der Waals surface area contributed by atoms with Gasteiger partial charge in [-0.25, -0.2) is 13.6 Å². The van der Waals surface area contributed by atoms with E-state index in [0.717, 1.165) is 24.5 Å². The van der Waals surface area contributed by atoms with Gasteiger partial charge in [-0.05, 0) is 61.9 Å². The molecule has 0 unspecified atom stereocenters. The van der Waals surface area contributed by atoms with Crippen molar-refractivity contribution in [3.63, 3.8) is 0 Å². The number of aliphatic hydroxyl groups is 1. The number of amides is 3. The van der Waals surface area contributed by atoms with Gasteiger partial charge >= 0.3 is 6.03 Å². The van der Waals surface area contributed by atoms with Crippen molar-refractivity contribution in [2.24, 2.45) is 0 Å². The molecule has 0 bridgehead atoms. The molecule has 2 aromatic carbocycles. The maximum absolute atomic E-state index is 13.9. The molecule has 33 heavy (non-hydrogen) atoms. The van der Waals surface area contributed by atoms with E-state index in [2.05, 4.69) is 5.32 Å². The Hall–Kier alpha value is -3.00. The van der Waals surface area contributed by atoms with E-state index < -0.39 is 17.2 Å². The van der Waals surface area contributed by atoms with Crippen LogP contribution in [-0.4, -0.2) is 45.5 Å². The monoisotopic (exact) mass is 457 g/mol. The van der Waals surface area contributed by atoms with E-state index in [1.54, 1.807) is 13.8 Å². The van der Waals surface area contributed by atoms with E-state index in [4.69, 9.17) is 0 Å². The molecule has 4 rings (SSSR count). The van der Waals surface area contributed by atoms with Crippen LogP contribution in [0.3, 0.4) is 0 Å². The summed E-state index contributed by atoms with van der Waals surface area (Å²) in [5.74, 6) is -0.966. The summed E-state index contributed by atoms with van der Waals surface area (Å²) in [7, 11) is 0. The van der Waals surface area contributed by atoms with Gasteiger partial charge in [-0.1, -0.05) is 12.1 Å². The fourth-order valence-electron chi connectivity index (χ4n) is 4.56. The van der Waals surface area contributed by atoms with Gasteiger partial charge in [0.25, 0.3) is 0 Å². The van der Waals surface area contributed by atoms with Gasteiger partial charge < -0.3 is 20.2 Å². The van der Waals surface area contributed by atoms with Crippen molar-refractivity contribution in [2.75, 3.05) is 18.4 Å². The average molecular weight is 458 g/mol. The minimum absolute atomic E-state index is 0.0225. The third kappa shape index (κ3) is 5.50. The molecule has 0 aromatic heterocycles. The topological polar surface area (TPSA) is 72.9 Å². The molecule has 1 saturated heterocycles. The Morgan fingerprint density at radius 2 is 1.73 bits per heavy atom. The molecule has 6 nitrogen and oxygen atoms in total. The van der Waals surface area contributed by atoms with E-state index >= 15 is 0 Å². The van der Waals surface area contributed by atoms with Crippen molar-refractivity contribution in [3.8, 4) is 0 Å². The third-order valence-electron chi connectivity index (χ3n) is 6.31. The number of rotatable bonds is 4. The molecule has 2 aromatic rings. The van der Waals surface area contributed by atoms with Crippen LogP contribution in [0, 0.1) is 11.6 Å². The Labute approximate surface area is 192 Å². The number of hydrogen-bond acceptors (Lipinski definition) is 3. The van der Waals surface area contributed by atoms with Gasteiger partial charge in [0.05, 0.1) is 18.6 Å². The smallest absolute Gasteiger partial charge is 0.322 e. The van der Waals surface area contributed by atoms with Crippen molar-refractivity contribution in [3.05, 3.63) is 64.7 Å². The number of nitrogens with one attached hydrogen (secondary N) is 1. The van der Waals surface area contributed by atoms with Crippen LogP contribution in [0.15, 0.2) is 36.4 Å². The van der Waals surface area contributed by atoms with E-state index in [-0.39, 0.29) is 31.4 Å². The van der Waals surface area contributed by atoms with Gasteiger partial charge in [0.2, 0.25) is 5.91 Å². The maximum Gasteiger partial charge on any atom is 0.322 e. The lowest BCUT2D eigenvalue weighted by Gasteiger charge is -2.33. The summed E-state index contributed by atoms with van der Waals surface area (Å²) in [6.07, 6.45) is 1.81. The van der Waals surface area contributed by atoms with Gasteiger partial charge in [-0.3, -0.25) is 4.79 Å². The zero-order chi connectivity index (χ0) is 23.8. The van der Waals surface area contributed by atoms with Crippen molar-refractivity contribution in [1.29, 1.82) is 0 Å². The van der Waals surface area contributed by atoms with Crippen LogP contribution in [-0.2, 0) is 17.9 Å². The lowest BCUT2D eigenvalue weighted by atomic mass is 9.89. The van der Waals surface area contributed by atoms with Crippen molar-refractivity contribution in [1.82, 2.24) is 9.80 Å². The van der Waals surface area contributed by atoms with Crippen LogP contribution in [0.4, 0.5) is 19.3 Å². The average Bonchev–Trinajstić information content (AvgIpc) is 3.18. The Morgan fingerprint density at radius 3 is 2.36 bits per heavy atom. The summed E-state index contributed by atoms with van der Waals surface area (Å²) in [5, 5.41) is 12.7. The van der Waals surface area contributed by atoms with Gasteiger partial charge in [0, 0.05) is 37.0 Å². The van der Waals surface area contributed by atoms with E-state index in [1.165, 1.54) is 11.0 Å². The van der Waals surface area contributed by atoms with Crippen LogP contribution >= 0.6 is 0 Å². The highest BCUT2D eigenvalue weighted by molar-refractivity contribution is 5.89. The molecule has 0 aliphatic carbocycles. The van der Waals surface area contributed by atoms with Crippen LogP contribution < -0.4 is 5.32 Å². The number of nitrogens with zero attached hydrogens (tertiary/aromatic N) is 2. The molecule has 2 aliphatic rings. The Bertz CT molecular complexity index is 1040. The highest BCUT2D eigenvalue weighted by Gasteiger charge is 2.28. The normalized spacial score (nSPS) is 16.6. The number of benzene rings is 2. The molecular weight excluding hydrogens is 428 g/mol. The predicted molar refractivity (Wildman–Crippen MR) is 121 cm³/mol. The SMILES string of the molecule is CC(C)(O)CC(=O)N1CCC(c2ccc(NC(=O)N3Cc4cc(F)cc(F)c4C3)cc2)CC1. The zero-order valence-corrected chi connectivity index (χ0v) is 18.9. The summed E-state index contributed by atoms with van der Waals surface area (Å²) in [4.78, 5) is 28.2. The second-order valence-electron chi connectivity index (χ2n) is 9.58. The number of fused-ring (bicyclic) bond motifs is 1. The second kappa shape index (κ2) is 9.09. The summed E-state index contributed by atoms with van der Waals surface area (Å²) >= 11 is 0. The molecule has 8 heteroatoms. The highest BCUT2D eigenvalue weighted by Crippen LogP contribution is 2.30. The Kier molecular flexibility index (Phi) is 6.38. The molecule has 0 radical (unpaired) electrons. The number of anilines is 1. The first-order chi connectivity index (χ1) is 15.6. The molecule has 176 valence electrons. The molecule has 3 amide bonds. The third-order valence-corrected chi connectivity index (χ3v) is 6.31. The van der Waals surface area contributed by atoms with Crippen molar-refractivity contribution >= 4 is 17.6 Å². The Balaban J connectivity index is 1.30. The van der Waals surface area contributed by atoms with Crippen molar-refractivity contribution in [2.45, 2.75) is 57.7 Å². The number of piperidine rings is 1. The first-order valence-electron chi connectivity index (χ1n) is 11.2. The van der Waals surface area contributed by atoms with Crippen molar-refractivity contribution < 1.29 is 23.5 Å². The van der Waals surface area contributed by atoms with Gasteiger partial charge in [0.15, 0.2) is 0 Å². The standard InChI is InChI=1S/C25H29F2N3O3/c1-25(2,33)13-23(31)29-9-7-17(8-10-29)16-3-5-20(6-4-16)28-24(32)30-14-18-11-19(26)12-22(27)21(18)15-30/h3-6,11-12,17,33H,7-10,13-15H2,1-2H3,(H,28,32). The number of likely N-dealkylation sites (tertiary alicyclic amines) is 1. The molecule has 2 N–H and O–H groups in total. The number of halogens is 2. The summed E-state index contributed by atoms with van der Waals surface area (Å²) < 4.78 is 27.4. The molecule has 2 heterocycles. The Morgan fingerprint density at radius 1 is 1.06 bits per heavy atom. The quantitative estimate of drug-likeness (QED) is 0.716. The van der Waals surface area contributed by atoms with E-state index in [9.17, 15) is 23.5 Å². The zero-order valence-electron chi connectivity index (χ0n) is 18.9. The van der Waals surface area contributed by atoms with Gasteiger partial charge in [-0.15, -0.1) is 0 Å². The minimum atomic E-state index is -1.00. The first-order valence-corrected chi connectivity index (χ1v) is 11.2. The lowest BCUT2D eigenvalue weighted by Crippen LogP contribution is -2.41. The largest absolute Gasteiger partial charge is 0.390 e. The highest BCUT2D eigenvalue weighted by atomic mass is 19.1. The second-order valence-corrected chi connectivity index (χ2v) is 9.58. The summed E-state index contributed by atoms with van der Waals surface area (Å²) in [6, 6.07) is 9.37. The predicted octanol–water partition coefficient (Wildman–Crippen LogP) is 4.38. The van der Waals surface area contributed by atoms with Crippen LogP contribution in [0.2, 0.25) is 0 Å². The first kappa shape index (κ1) is 23.2. The van der Waals surface area contributed by atoms with Gasteiger partial charge in [-0.2, -0.15) is 0 Å². The van der Waals surface area contributed by atoms with Crippen LogP contribution in [0.1, 0.15) is 55.7 Å². The van der Waals surface area contributed by atoms with Crippen LogP contribution in [0.5, 0.6) is 0 Å². The summed E-state index contributed by atoms with van der Waals surface area (Å²) in [6.45, 7) is 4.86. The number of carbonyl (C=O) groups excluding carboxylic acids is 2. The minimum Gasteiger partial charge on any atom is -0.390 e. The fraction of sp³-hybridized carbons (Fsp3) is 0.440. The number of hydrogen-bond donors (Lipinski definition) is 2. The lowest BCUT2D eigenvalue weighted by molar-refractivity contribution is -0.136. The molecule has 0 atom stereocenters. The molecule has 1 fully saturated rings. The molecule has 0 spiro atoms.